The minimum Gasteiger partial charge on any atom is -0.478 e. The highest BCUT2D eigenvalue weighted by Crippen LogP contribution is 2.25. The fourth-order valence-corrected chi connectivity index (χ4v) is 2.50. The summed E-state index contributed by atoms with van der Waals surface area (Å²) in [6.45, 7) is 7.69. The van der Waals surface area contributed by atoms with Crippen LogP contribution < -0.4 is 0 Å². The number of aliphatic carboxylic acids is 1. The number of hydrogen-bond acceptors (Lipinski definition) is 3. The lowest BCUT2D eigenvalue weighted by atomic mass is 10.1. The molecule has 21 heavy (non-hydrogen) atoms. The summed E-state index contributed by atoms with van der Waals surface area (Å²) >= 11 is 0. The molecule has 1 heterocycles. The molecule has 0 aromatic rings. The summed E-state index contributed by atoms with van der Waals surface area (Å²) in [7, 11) is 0. The molecule has 0 aromatic heterocycles. The van der Waals surface area contributed by atoms with E-state index in [0.717, 1.165) is 32.2 Å². The summed E-state index contributed by atoms with van der Waals surface area (Å²) in [5.74, 6) is 1.84. The van der Waals surface area contributed by atoms with Gasteiger partial charge in [0, 0.05) is 24.7 Å². The van der Waals surface area contributed by atoms with E-state index in [2.05, 4.69) is 36.7 Å². The fraction of sp³-hybridized carbons (Fsp3) is 0.706. The number of hydrogen-bond donors (Lipinski definition) is 1. The Morgan fingerprint density at radius 2 is 1.90 bits per heavy atom. The van der Waals surface area contributed by atoms with E-state index < -0.39 is 5.97 Å². The van der Waals surface area contributed by atoms with Gasteiger partial charge in [-0.3, -0.25) is 0 Å². The number of unbranched alkanes of at least 4 members (excludes halogenated alkanes) is 5. The molecule has 4 nitrogen and oxygen atoms in total. The van der Waals surface area contributed by atoms with E-state index in [9.17, 15) is 4.79 Å². The first-order chi connectivity index (χ1) is 9.86. The maximum Gasteiger partial charge on any atom is 0.334 e. The van der Waals surface area contributed by atoms with Crippen molar-refractivity contribution in [1.29, 1.82) is 0 Å². The van der Waals surface area contributed by atoms with Gasteiger partial charge < -0.3 is 10.1 Å². The standard InChI is InChI=1S/C17H28N2O2/c1-5-6-7-8-9-10-11-12-18-13-15(16(20)21)14-19(18)17(2,3)4/h1,13H,6-12,14H2,2-4H3,(H,20,21). The summed E-state index contributed by atoms with van der Waals surface area (Å²) < 4.78 is 0. The van der Waals surface area contributed by atoms with Crippen molar-refractivity contribution in [2.75, 3.05) is 13.1 Å². The second kappa shape index (κ2) is 8.09. The summed E-state index contributed by atoms with van der Waals surface area (Å²) in [6, 6.07) is 0. The molecule has 118 valence electrons. The van der Waals surface area contributed by atoms with Crippen molar-refractivity contribution in [3.05, 3.63) is 11.8 Å². The van der Waals surface area contributed by atoms with E-state index in [4.69, 9.17) is 11.5 Å². The Kier molecular flexibility index (Phi) is 6.77. The molecule has 0 saturated heterocycles. The topological polar surface area (TPSA) is 43.8 Å². The third kappa shape index (κ3) is 5.81. The minimum atomic E-state index is -0.818. The van der Waals surface area contributed by atoms with Crippen molar-refractivity contribution in [3.8, 4) is 12.3 Å². The number of rotatable bonds is 8. The van der Waals surface area contributed by atoms with E-state index in [-0.39, 0.29) is 5.54 Å². The molecule has 0 aromatic carbocycles. The van der Waals surface area contributed by atoms with Gasteiger partial charge in [-0.15, -0.1) is 12.3 Å². The van der Waals surface area contributed by atoms with Gasteiger partial charge in [0.15, 0.2) is 0 Å². The lowest BCUT2D eigenvalue weighted by Crippen LogP contribution is -2.48. The predicted molar refractivity (Wildman–Crippen MR) is 85.4 cm³/mol. The Hall–Kier alpha value is -1.47. The fourth-order valence-electron chi connectivity index (χ4n) is 2.50. The number of carboxylic acid groups (broad SMARTS) is 1. The average molecular weight is 292 g/mol. The Labute approximate surface area is 128 Å². The SMILES string of the molecule is C#CCCCCCCCN1C=C(C(=O)O)CN1C(C)(C)C. The van der Waals surface area contributed by atoms with Crippen LogP contribution >= 0.6 is 0 Å². The van der Waals surface area contributed by atoms with Gasteiger partial charge in [0.2, 0.25) is 0 Å². The van der Waals surface area contributed by atoms with Gasteiger partial charge in [0.25, 0.3) is 0 Å². The molecule has 0 spiro atoms. The van der Waals surface area contributed by atoms with Crippen LogP contribution in [0.3, 0.4) is 0 Å². The van der Waals surface area contributed by atoms with E-state index in [1.54, 1.807) is 6.20 Å². The smallest absolute Gasteiger partial charge is 0.334 e. The summed E-state index contributed by atoms with van der Waals surface area (Å²) in [5, 5.41) is 13.4. The van der Waals surface area contributed by atoms with Crippen LogP contribution in [0.5, 0.6) is 0 Å². The highest BCUT2D eigenvalue weighted by Gasteiger charge is 2.33. The van der Waals surface area contributed by atoms with E-state index >= 15 is 0 Å². The predicted octanol–water partition coefficient (Wildman–Crippen LogP) is 3.26. The zero-order valence-corrected chi connectivity index (χ0v) is 13.6. The van der Waals surface area contributed by atoms with Crippen molar-refractivity contribution in [1.82, 2.24) is 10.0 Å². The van der Waals surface area contributed by atoms with Crippen molar-refractivity contribution in [2.45, 2.75) is 64.8 Å². The highest BCUT2D eigenvalue weighted by atomic mass is 16.4. The molecule has 4 heteroatoms. The summed E-state index contributed by atoms with van der Waals surface area (Å²) in [5.41, 5.74) is 0.402. The van der Waals surface area contributed by atoms with E-state index in [0.29, 0.717) is 12.1 Å². The number of hydrazine groups is 1. The molecule has 1 rings (SSSR count). The first kappa shape index (κ1) is 17.6. The van der Waals surface area contributed by atoms with Crippen LogP contribution in [0.2, 0.25) is 0 Å². The molecular formula is C17H28N2O2. The summed E-state index contributed by atoms with van der Waals surface area (Å²) in [6.07, 6.45) is 13.6. The van der Waals surface area contributed by atoms with Gasteiger partial charge in [-0.25, -0.2) is 9.80 Å². The van der Waals surface area contributed by atoms with Crippen molar-refractivity contribution in [3.63, 3.8) is 0 Å². The van der Waals surface area contributed by atoms with Crippen LogP contribution in [0.4, 0.5) is 0 Å². The largest absolute Gasteiger partial charge is 0.478 e. The van der Waals surface area contributed by atoms with E-state index in [1.165, 1.54) is 12.8 Å². The number of nitrogens with zero attached hydrogens (tertiary/aromatic N) is 2. The molecule has 0 aliphatic carbocycles. The minimum absolute atomic E-state index is 0.0690. The van der Waals surface area contributed by atoms with Crippen LogP contribution in [0, 0.1) is 12.3 Å². The molecule has 1 N–H and O–H groups in total. The number of carboxylic acids is 1. The third-order valence-corrected chi connectivity index (χ3v) is 3.69. The van der Waals surface area contributed by atoms with Crippen LogP contribution in [0.25, 0.3) is 0 Å². The van der Waals surface area contributed by atoms with Gasteiger partial charge in [-0.05, 0) is 33.6 Å². The summed E-state index contributed by atoms with van der Waals surface area (Å²) in [4.78, 5) is 11.2. The molecule has 0 radical (unpaired) electrons. The first-order valence-electron chi connectivity index (χ1n) is 7.78. The Balaban J connectivity index is 2.39. The molecular weight excluding hydrogens is 264 g/mol. The Bertz CT molecular complexity index is 415. The normalized spacial score (nSPS) is 15.9. The molecule has 0 unspecified atom stereocenters. The molecule has 0 saturated carbocycles. The van der Waals surface area contributed by atoms with Crippen LogP contribution in [0.1, 0.15) is 59.3 Å². The second-order valence-electron chi connectivity index (χ2n) is 6.57. The van der Waals surface area contributed by atoms with Crippen LogP contribution in [-0.2, 0) is 4.79 Å². The average Bonchev–Trinajstić information content (AvgIpc) is 2.82. The van der Waals surface area contributed by atoms with Gasteiger partial charge in [-0.2, -0.15) is 0 Å². The van der Waals surface area contributed by atoms with Gasteiger partial charge in [0.1, 0.15) is 0 Å². The lowest BCUT2D eigenvalue weighted by Gasteiger charge is -2.39. The molecule has 0 atom stereocenters. The number of terminal acetylenes is 1. The van der Waals surface area contributed by atoms with Crippen molar-refractivity contribution >= 4 is 5.97 Å². The monoisotopic (exact) mass is 292 g/mol. The number of carbonyl (C=O) groups is 1. The van der Waals surface area contributed by atoms with Gasteiger partial charge in [0.05, 0.1) is 12.1 Å². The zero-order chi connectivity index (χ0) is 15.9. The van der Waals surface area contributed by atoms with Crippen molar-refractivity contribution in [2.24, 2.45) is 0 Å². The van der Waals surface area contributed by atoms with Crippen LogP contribution in [-0.4, -0.2) is 39.7 Å². The quantitative estimate of drug-likeness (QED) is 0.551. The highest BCUT2D eigenvalue weighted by molar-refractivity contribution is 5.87. The van der Waals surface area contributed by atoms with Gasteiger partial charge >= 0.3 is 5.97 Å². The molecule has 0 bridgehead atoms. The first-order valence-corrected chi connectivity index (χ1v) is 7.78. The zero-order valence-electron chi connectivity index (χ0n) is 13.6. The molecule has 1 aliphatic rings. The Morgan fingerprint density at radius 3 is 2.48 bits per heavy atom. The maximum absolute atomic E-state index is 11.2. The lowest BCUT2D eigenvalue weighted by molar-refractivity contribution is -0.132. The van der Waals surface area contributed by atoms with E-state index in [1.807, 2.05) is 0 Å². The van der Waals surface area contributed by atoms with Crippen LogP contribution in [0.15, 0.2) is 11.8 Å². The Morgan fingerprint density at radius 1 is 1.29 bits per heavy atom. The second-order valence-corrected chi connectivity index (χ2v) is 6.57. The maximum atomic E-state index is 11.2. The van der Waals surface area contributed by atoms with Crippen molar-refractivity contribution < 1.29 is 9.90 Å². The van der Waals surface area contributed by atoms with Gasteiger partial charge in [-0.1, -0.05) is 19.3 Å². The molecule has 0 amide bonds. The molecule has 0 fully saturated rings. The third-order valence-electron chi connectivity index (χ3n) is 3.69. The molecule has 1 aliphatic heterocycles.